The third-order valence-electron chi connectivity index (χ3n) is 3.04. The van der Waals surface area contributed by atoms with Crippen molar-refractivity contribution in [2.24, 2.45) is 0 Å². The average molecular weight is 254 g/mol. The zero-order chi connectivity index (χ0) is 12.3. The van der Waals surface area contributed by atoms with Gasteiger partial charge in [-0.05, 0) is 45.1 Å². The lowest BCUT2D eigenvalue weighted by atomic mass is 10.1. The van der Waals surface area contributed by atoms with E-state index in [1.165, 1.54) is 6.20 Å². The van der Waals surface area contributed by atoms with Crippen molar-refractivity contribution in [2.45, 2.75) is 18.9 Å². The predicted octanol–water partition coefficient (Wildman–Crippen LogP) is 1.56. The first-order chi connectivity index (χ1) is 8.15. The van der Waals surface area contributed by atoms with Gasteiger partial charge in [-0.3, -0.25) is 4.79 Å². The first kappa shape index (κ1) is 12.3. The van der Waals surface area contributed by atoms with Gasteiger partial charge in [0.2, 0.25) is 0 Å². The second-order valence-electron chi connectivity index (χ2n) is 4.42. The van der Waals surface area contributed by atoms with Crippen LogP contribution in [-0.2, 0) is 0 Å². The molecule has 0 aliphatic carbocycles. The molecule has 4 nitrogen and oxygen atoms in total. The maximum atomic E-state index is 11.9. The number of amides is 1. The number of carbonyl (C=O) groups excluding carboxylic acids is 1. The van der Waals surface area contributed by atoms with Crippen LogP contribution in [0.4, 0.5) is 0 Å². The van der Waals surface area contributed by atoms with Crippen LogP contribution < -0.4 is 5.32 Å². The zero-order valence-electron chi connectivity index (χ0n) is 9.82. The Morgan fingerprint density at radius 3 is 2.76 bits per heavy atom. The Bertz CT molecular complexity index is 385. The van der Waals surface area contributed by atoms with Gasteiger partial charge < -0.3 is 10.2 Å². The molecule has 1 amide bonds. The third-order valence-corrected chi connectivity index (χ3v) is 3.27. The smallest absolute Gasteiger partial charge is 0.253 e. The van der Waals surface area contributed by atoms with Crippen LogP contribution in [0.1, 0.15) is 23.2 Å². The average Bonchev–Trinajstić information content (AvgIpc) is 2.33. The number of aromatic nitrogens is 1. The number of carbonyl (C=O) groups is 1. The molecule has 0 aromatic carbocycles. The van der Waals surface area contributed by atoms with Crippen molar-refractivity contribution >= 4 is 17.5 Å². The molecule has 1 fully saturated rings. The van der Waals surface area contributed by atoms with E-state index in [1.54, 1.807) is 12.1 Å². The standard InChI is InChI=1S/C12H16ClN3O/c1-16-6-4-10(5-7-16)15-12(17)9-2-3-11(13)14-8-9/h2-3,8,10H,4-7H2,1H3,(H,15,17). The van der Waals surface area contributed by atoms with Crippen LogP contribution in [0.3, 0.4) is 0 Å². The molecule has 0 saturated carbocycles. The van der Waals surface area contributed by atoms with Crippen LogP contribution in [0, 0.1) is 0 Å². The Hall–Kier alpha value is -1.13. The van der Waals surface area contributed by atoms with E-state index >= 15 is 0 Å². The summed E-state index contributed by atoms with van der Waals surface area (Å²) in [6, 6.07) is 3.60. The fraction of sp³-hybridized carbons (Fsp3) is 0.500. The molecule has 0 atom stereocenters. The van der Waals surface area contributed by atoms with E-state index in [0.717, 1.165) is 25.9 Å². The molecule has 92 valence electrons. The Morgan fingerprint density at radius 1 is 1.47 bits per heavy atom. The van der Waals surface area contributed by atoms with Gasteiger partial charge in [0, 0.05) is 12.2 Å². The number of rotatable bonds is 2. The van der Waals surface area contributed by atoms with E-state index in [2.05, 4.69) is 22.2 Å². The lowest BCUT2D eigenvalue weighted by molar-refractivity contribution is 0.0916. The molecule has 1 aromatic heterocycles. The SMILES string of the molecule is CN1CCC(NC(=O)c2ccc(Cl)nc2)CC1. The molecule has 1 aliphatic heterocycles. The molecule has 0 radical (unpaired) electrons. The van der Waals surface area contributed by atoms with Gasteiger partial charge in [-0.1, -0.05) is 11.6 Å². The van der Waals surface area contributed by atoms with Gasteiger partial charge in [0.15, 0.2) is 0 Å². The number of nitrogens with one attached hydrogen (secondary N) is 1. The zero-order valence-corrected chi connectivity index (χ0v) is 10.6. The largest absolute Gasteiger partial charge is 0.349 e. The molecule has 0 bridgehead atoms. The van der Waals surface area contributed by atoms with Gasteiger partial charge in [0.05, 0.1) is 5.56 Å². The molecule has 0 unspecified atom stereocenters. The summed E-state index contributed by atoms with van der Waals surface area (Å²) in [6.07, 6.45) is 3.51. The summed E-state index contributed by atoms with van der Waals surface area (Å²) in [7, 11) is 2.10. The Labute approximate surface area is 106 Å². The van der Waals surface area contributed by atoms with E-state index in [9.17, 15) is 4.79 Å². The van der Waals surface area contributed by atoms with Crippen molar-refractivity contribution in [1.82, 2.24) is 15.2 Å². The Balaban J connectivity index is 1.91. The molecule has 5 heteroatoms. The molecule has 1 saturated heterocycles. The minimum absolute atomic E-state index is 0.0660. The molecule has 1 aromatic rings. The van der Waals surface area contributed by atoms with Crippen molar-refractivity contribution in [2.75, 3.05) is 20.1 Å². The maximum Gasteiger partial charge on any atom is 0.253 e. The number of nitrogens with zero attached hydrogens (tertiary/aromatic N) is 2. The molecule has 2 rings (SSSR count). The molecular weight excluding hydrogens is 238 g/mol. The van der Waals surface area contributed by atoms with Crippen LogP contribution >= 0.6 is 11.6 Å². The number of hydrogen-bond donors (Lipinski definition) is 1. The summed E-state index contributed by atoms with van der Waals surface area (Å²) in [5.41, 5.74) is 0.563. The second kappa shape index (κ2) is 5.47. The summed E-state index contributed by atoms with van der Waals surface area (Å²) < 4.78 is 0. The van der Waals surface area contributed by atoms with Crippen molar-refractivity contribution in [3.63, 3.8) is 0 Å². The number of hydrogen-bond acceptors (Lipinski definition) is 3. The molecule has 1 N–H and O–H groups in total. The fourth-order valence-electron chi connectivity index (χ4n) is 1.93. The highest BCUT2D eigenvalue weighted by Crippen LogP contribution is 2.10. The Morgan fingerprint density at radius 2 is 2.18 bits per heavy atom. The van der Waals surface area contributed by atoms with Crippen LogP contribution in [0.2, 0.25) is 5.15 Å². The number of piperidine rings is 1. The van der Waals surface area contributed by atoms with Crippen LogP contribution in [0.15, 0.2) is 18.3 Å². The van der Waals surface area contributed by atoms with Gasteiger partial charge in [-0.25, -0.2) is 4.98 Å². The summed E-state index contributed by atoms with van der Waals surface area (Å²) in [5, 5.41) is 3.43. The minimum atomic E-state index is -0.0660. The quantitative estimate of drug-likeness (QED) is 0.814. The summed E-state index contributed by atoms with van der Waals surface area (Å²) in [5.74, 6) is -0.0660. The van der Waals surface area contributed by atoms with Gasteiger partial charge >= 0.3 is 0 Å². The van der Waals surface area contributed by atoms with Crippen molar-refractivity contribution in [3.05, 3.63) is 29.0 Å². The van der Waals surface area contributed by atoms with E-state index in [-0.39, 0.29) is 11.9 Å². The molecule has 17 heavy (non-hydrogen) atoms. The topological polar surface area (TPSA) is 45.2 Å². The van der Waals surface area contributed by atoms with Crippen molar-refractivity contribution in [1.29, 1.82) is 0 Å². The van der Waals surface area contributed by atoms with Gasteiger partial charge in [0.1, 0.15) is 5.15 Å². The van der Waals surface area contributed by atoms with E-state index in [1.807, 2.05) is 0 Å². The lowest BCUT2D eigenvalue weighted by Gasteiger charge is -2.29. The summed E-state index contributed by atoms with van der Waals surface area (Å²) >= 11 is 5.68. The highest BCUT2D eigenvalue weighted by molar-refractivity contribution is 6.29. The highest BCUT2D eigenvalue weighted by Gasteiger charge is 2.18. The normalized spacial score (nSPS) is 18.0. The predicted molar refractivity (Wildman–Crippen MR) is 67.2 cm³/mol. The van der Waals surface area contributed by atoms with Crippen molar-refractivity contribution in [3.8, 4) is 0 Å². The molecular formula is C12H16ClN3O. The summed E-state index contributed by atoms with van der Waals surface area (Å²) in [4.78, 5) is 18.1. The van der Waals surface area contributed by atoms with Crippen LogP contribution in [0.5, 0.6) is 0 Å². The van der Waals surface area contributed by atoms with E-state index in [0.29, 0.717) is 10.7 Å². The van der Waals surface area contributed by atoms with Crippen LogP contribution in [-0.4, -0.2) is 42.0 Å². The van der Waals surface area contributed by atoms with E-state index in [4.69, 9.17) is 11.6 Å². The molecule has 1 aliphatic rings. The monoisotopic (exact) mass is 253 g/mol. The lowest BCUT2D eigenvalue weighted by Crippen LogP contribution is -2.43. The maximum absolute atomic E-state index is 11.9. The second-order valence-corrected chi connectivity index (χ2v) is 4.81. The summed E-state index contributed by atoms with van der Waals surface area (Å²) in [6.45, 7) is 2.06. The third kappa shape index (κ3) is 3.41. The minimum Gasteiger partial charge on any atom is -0.349 e. The van der Waals surface area contributed by atoms with Gasteiger partial charge in [-0.15, -0.1) is 0 Å². The molecule has 0 spiro atoms. The Kier molecular flexibility index (Phi) is 3.97. The molecule has 2 heterocycles. The van der Waals surface area contributed by atoms with Gasteiger partial charge in [0.25, 0.3) is 5.91 Å². The number of likely N-dealkylation sites (tertiary alicyclic amines) is 1. The van der Waals surface area contributed by atoms with Crippen LogP contribution in [0.25, 0.3) is 0 Å². The first-order valence-corrected chi connectivity index (χ1v) is 6.14. The first-order valence-electron chi connectivity index (χ1n) is 5.76. The number of halogens is 1. The fourth-order valence-corrected chi connectivity index (χ4v) is 2.04. The highest BCUT2D eigenvalue weighted by atomic mass is 35.5. The van der Waals surface area contributed by atoms with E-state index < -0.39 is 0 Å². The number of pyridine rings is 1. The van der Waals surface area contributed by atoms with Crippen molar-refractivity contribution < 1.29 is 4.79 Å². The van der Waals surface area contributed by atoms with Gasteiger partial charge in [-0.2, -0.15) is 0 Å².